The van der Waals surface area contributed by atoms with Crippen LogP contribution in [0.4, 0.5) is 0 Å². The monoisotopic (exact) mass is 375 g/mol. The maximum atomic E-state index is 12.6. The van der Waals surface area contributed by atoms with Gasteiger partial charge < -0.3 is 10.4 Å². The van der Waals surface area contributed by atoms with Crippen LogP contribution in [0, 0.1) is 11.8 Å². The summed E-state index contributed by atoms with van der Waals surface area (Å²) < 4.78 is 1.57. The molecule has 8 heteroatoms. The number of carbonyl (C=O) groups is 1. The topological polar surface area (TPSA) is 92.9 Å². The number of aromatic nitrogens is 4. The van der Waals surface area contributed by atoms with Crippen LogP contribution in [0.1, 0.15) is 40.0 Å². The molecule has 1 aromatic heterocycles. The van der Waals surface area contributed by atoms with E-state index in [1.165, 1.54) is 18.2 Å². The molecule has 4 atom stereocenters. The quantitative estimate of drug-likeness (QED) is 0.781. The molecular formula is C18H25N5O2S. The van der Waals surface area contributed by atoms with Crippen molar-refractivity contribution in [3.63, 3.8) is 0 Å². The number of hydrogen-bond acceptors (Lipinski definition) is 6. The summed E-state index contributed by atoms with van der Waals surface area (Å²) in [4.78, 5) is 12.6. The van der Waals surface area contributed by atoms with E-state index in [1.54, 1.807) is 28.9 Å². The Morgan fingerprint density at radius 2 is 2.04 bits per heavy atom. The van der Waals surface area contributed by atoms with Crippen molar-refractivity contribution in [2.75, 3.05) is 0 Å². The van der Waals surface area contributed by atoms with Gasteiger partial charge in [-0.1, -0.05) is 38.5 Å². The summed E-state index contributed by atoms with van der Waals surface area (Å²) in [5.41, 5.74) is 0.734. The van der Waals surface area contributed by atoms with E-state index in [9.17, 15) is 9.90 Å². The Bertz CT molecular complexity index is 748. The number of thioether (sulfide) groups is 1. The Balaban J connectivity index is 1.65. The van der Waals surface area contributed by atoms with Crippen LogP contribution in [0.25, 0.3) is 5.69 Å². The normalized spacial score (nSPS) is 24.2. The Morgan fingerprint density at radius 1 is 1.31 bits per heavy atom. The van der Waals surface area contributed by atoms with Gasteiger partial charge in [0.15, 0.2) is 0 Å². The van der Waals surface area contributed by atoms with Gasteiger partial charge in [-0.25, -0.2) is 0 Å². The van der Waals surface area contributed by atoms with Gasteiger partial charge in [0.05, 0.1) is 10.9 Å². The molecule has 1 aliphatic carbocycles. The van der Waals surface area contributed by atoms with Crippen LogP contribution in [-0.2, 0) is 4.79 Å². The maximum Gasteiger partial charge on any atom is 0.233 e. The molecule has 7 nitrogen and oxygen atoms in total. The first-order chi connectivity index (χ1) is 12.5. The molecule has 0 saturated heterocycles. The summed E-state index contributed by atoms with van der Waals surface area (Å²) in [5.74, 6) is 1.33. The van der Waals surface area contributed by atoms with Crippen molar-refractivity contribution in [3.05, 3.63) is 24.3 Å². The van der Waals surface area contributed by atoms with Gasteiger partial charge in [-0.2, -0.15) is 4.68 Å². The second-order valence-electron chi connectivity index (χ2n) is 7.03. The average Bonchev–Trinajstić information content (AvgIpc) is 3.07. The molecule has 1 amide bonds. The molecule has 3 rings (SSSR count). The highest BCUT2D eigenvalue weighted by atomic mass is 32.2. The number of nitrogens with one attached hydrogen (secondary N) is 1. The van der Waals surface area contributed by atoms with Crippen molar-refractivity contribution in [1.29, 1.82) is 0 Å². The van der Waals surface area contributed by atoms with E-state index in [0.29, 0.717) is 17.0 Å². The van der Waals surface area contributed by atoms with Gasteiger partial charge in [-0.05, 0) is 59.9 Å². The number of phenolic OH excluding ortho intramolecular Hbond substituents is 1. The van der Waals surface area contributed by atoms with Gasteiger partial charge in [0, 0.05) is 6.04 Å². The minimum Gasteiger partial charge on any atom is -0.508 e. The van der Waals surface area contributed by atoms with Gasteiger partial charge in [0.25, 0.3) is 0 Å². The third-order valence-corrected chi connectivity index (χ3v) is 6.25. The molecule has 0 aliphatic heterocycles. The number of tetrazole rings is 1. The summed E-state index contributed by atoms with van der Waals surface area (Å²) in [6.07, 6.45) is 3.44. The number of benzene rings is 1. The molecule has 2 aromatic rings. The van der Waals surface area contributed by atoms with E-state index in [0.717, 1.165) is 18.5 Å². The predicted octanol–water partition coefficient (Wildman–Crippen LogP) is 2.79. The smallest absolute Gasteiger partial charge is 0.233 e. The fraction of sp³-hybridized carbons (Fsp3) is 0.556. The van der Waals surface area contributed by atoms with Crippen molar-refractivity contribution in [2.45, 2.75) is 56.5 Å². The summed E-state index contributed by atoms with van der Waals surface area (Å²) in [7, 11) is 0. The van der Waals surface area contributed by atoms with E-state index in [-0.39, 0.29) is 22.9 Å². The van der Waals surface area contributed by atoms with E-state index >= 15 is 0 Å². The van der Waals surface area contributed by atoms with Crippen LogP contribution in [0.2, 0.25) is 0 Å². The third kappa shape index (κ3) is 4.17. The van der Waals surface area contributed by atoms with E-state index in [1.807, 2.05) is 6.92 Å². The molecule has 0 unspecified atom stereocenters. The van der Waals surface area contributed by atoms with Crippen LogP contribution in [0.5, 0.6) is 5.75 Å². The van der Waals surface area contributed by atoms with E-state index in [2.05, 4.69) is 34.7 Å². The van der Waals surface area contributed by atoms with Crippen molar-refractivity contribution in [3.8, 4) is 11.4 Å². The van der Waals surface area contributed by atoms with Gasteiger partial charge in [0.1, 0.15) is 5.75 Å². The molecule has 0 bridgehead atoms. The standard InChI is InChI=1S/C18H25N5O2S/c1-11-5-4-6-16(12(11)2)19-17(25)13(3)26-18-20-21-22-23(18)14-7-9-15(24)10-8-14/h7-13,16,24H,4-6H2,1-3H3,(H,19,25)/t11-,12-,13-,16-/m1/s1. The van der Waals surface area contributed by atoms with Crippen LogP contribution in [0.3, 0.4) is 0 Å². The average molecular weight is 375 g/mol. The zero-order valence-electron chi connectivity index (χ0n) is 15.3. The second-order valence-corrected chi connectivity index (χ2v) is 8.34. The largest absolute Gasteiger partial charge is 0.508 e. The lowest BCUT2D eigenvalue weighted by atomic mass is 9.78. The molecule has 0 radical (unpaired) electrons. The van der Waals surface area contributed by atoms with Crippen molar-refractivity contribution < 1.29 is 9.90 Å². The Labute approximate surface area is 157 Å². The van der Waals surface area contributed by atoms with Crippen LogP contribution in [-0.4, -0.2) is 42.5 Å². The molecule has 1 fully saturated rings. The summed E-state index contributed by atoms with van der Waals surface area (Å²) in [6.45, 7) is 6.34. The minimum atomic E-state index is -0.304. The lowest BCUT2D eigenvalue weighted by Gasteiger charge is -2.35. The number of nitrogens with zero attached hydrogens (tertiary/aromatic N) is 4. The van der Waals surface area contributed by atoms with E-state index in [4.69, 9.17) is 0 Å². The van der Waals surface area contributed by atoms with Crippen molar-refractivity contribution in [1.82, 2.24) is 25.5 Å². The van der Waals surface area contributed by atoms with Crippen LogP contribution >= 0.6 is 11.8 Å². The lowest BCUT2D eigenvalue weighted by molar-refractivity contribution is -0.121. The summed E-state index contributed by atoms with van der Waals surface area (Å²) in [5, 5.41) is 24.6. The molecular weight excluding hydrogens is 350 g/mol. The number of hydrogen-bond donors (Lipinski definition) is 2. The minimum absolute atomic E-state index is 0.0150. The number of carbonyl (C=O) groups excluding carboxylic acids is 1. The first kappa shape index (κ1) is 18.7. The third-order valence-electron chi connectivity index (χ3n) is 5.22. The van der Waals surface area contributed by atoms with Crippen molar-refractivity contribution in [2.24, 2.45) is 11.8 Å². The number of amides is 1. The first-order valence-corrected chi connectivity index (χ1v) is 9.88. The fourth-order valence-electron chi connectivity index (χ4n) is 3.31. The fourth-order valence-corrected chi connectivity index (χ4v) is 4.12. The highest BCUT2D eigenvalue weighted by molar-refractivity contribution is 8.00. The Morgan fingerprint density at radius 3 is 2.77 bits per heavy atom. The lowest BCUT2D eigenvalue weighted by Crippen LogP contribution is -2.46. The first-order valence-electron chi connectivity index (χ1n) is 9.00. The zero-order valence-corrected chi connectivity index (χ0v) is 16.1. The molecule has 140 valence electrons. The molecule has 2 N–H and O–H groups in total. The highest BCUT2D eigenvalue weighted by Crippen LogP contribution is 2.30. The summed E-state index contributed by atoms with van der Waals surface area (Å²) in [6, 6.07) is 6.85. The molecule has 0 spiro atoms. The van der Waals surface area contributed by atoms with Crippen LogP contribution in [0.15, 0.2) is 29.4 Å². The SMILES string of the molecule is C[C@@H]1[C@H](C)CCC[C@H]1NC(=O)[C@@H](C)Sc1nnnn1-c1ccc(O)cc1. The second kappa shape index (κ2) is 8.07. The van der Waals surface area contributed by atoms with Crippen molar-refractivity contribution >= 4 is 17.7 Å². The number of phenols is 1. The van der Waals surface area contributed by atoms with Crippen LogP contribution < -0.4 is 5.32 Å². The van der Waals surface area contributed by atoms with E-state index < -0.39 is 0 Å². The maximum absolute atomic E-state index is 12.6. The van der Waals surface area contributed by atoms with Gasteiger partial charge in [-0.15, -0.1) is 5.10 Å². The molecule has 1 saturated carbocycles. The number of aromatic hydroxyl groups is 1. The van der Waals surface area contributed by atoms with Gasteiger partial charge in [-0.3, -0.25) is 4.79 Å². The summed E-state index contributed by atoms with van der Waals surface area (Å²) >= 11 is 1.33. The predicted molar refractivity (Wildman–Crippen MR) is 100 cm³/mol. The Kier molecular flexibility index (Phi) is 5.80. The molecule has 1 aromatic carbocycles. The molecule has 1 heterocycles. The number of rotatable bonds is 5. The molecule has 26 heavy (non-hydrogen) atoms. The molecule has 1 aliphatic rings. The Hall–Kier alpha value is -2.09. The van der Waals surface area contributed by atoms with Gasteiger partial charge in [0.2, 0.25) is 11.1 Å². The highest BCUT2D eigenvalue weighted by Gasteiger charge is 2.30. The van der Waals surface area contributed by atoms with Gasteiger partial charge >= 0.3 is 0 Å². The zero-order chi connectivity index (χ0) is 18.7.